The first-order chi connectivity index (χ1) is 6.72. The number of halogens is 1. The number of hydrogen-bond acceptors (Lipinski definition) is 3. The summed E-state index contributed by atoms with van der Waals surface area (Å²) in [6.45, 7) is 0.154. The number of hydrazine groups is 1. The van der Waals surface area contributed by atoms with Crippen LogP contribution >= 0.6 is 0 Å². The summed E-state index contributed by atoms with van der Waals surface area (Å²) in [5, 5.41) is 0. The molecule has 0 aliphatic rings. The van der Waals surface area contributed by atoms with Crippen LogP contribution in [0, 0.1) is 5.82 Å². The fourth-order valence-corrected chi connectivity index (χ4v) is 0.884. The molecule has 0 aliphatic heterocycles. The minimum atomic E-state index is -0.396. The van der Waals surface area contributed by atoms with Crippen LogP contribution in [-0.2, 0) is 16.1 Å². The number of hydrogen-bond donors (Lipinski definition) is 2. The molecule has 0 atom stereocenters. The van der Waals surface area contributed by atoms with Crippen molar-refractivity contribution in [1.29, 1.82) is 0 Å². The Balaban J connectivity index is 2.31. The average molecular weight is 198 g/mol. The van der Waals surface area contributed by atoms with E-state index in [0.717, 1.165) is 5.56 Å². The Morgan fingerprint density at radius 3 is 2.64 bits per heavy atom. The van der Waals surface area contributed by atoms with E-state index in [4.69, 9.17) is 10.6 Å². The lowest BCUT2D eigenvalue weighted by Crippen LogP contribution is -2.33. The lowest BCUT2D eigenvalue weighted by molar-refractivity contribution is -0.126. The monoisotopic (exact) mass is 198 g/mol. The van der Waals surface area contributed by atoms with E-state index >= 15 is 0 Å². The summed E-state index contributed by atoms with van der Waals surface area (Å²) in [5.41, 5.74) is 2.74. The molecule has 4 nitrogen and oxygen atoms in total. The summed E-state index contributed by atoms with van der Waals surface area (Å²) >= 11 is 0. The summed E-state index contributed by atoms with van der Waals surface area (Å²) in [6.07, 6.45) is 0. The van der Waals surface area contributed by atoms with Crippen molar-refractivity contribution >= 4 is 5.91 Å². The first kappa shape index (κ1) is 10.6. The van der Waals surface area contributed by atoms with Gasteiger partial charge in [-0.15, -0.1) is 0 Å². The zero-order valence-corrected chi connectivity index (χ0v) is 7.50. The van der Waals surface area contributed by atoms with Gasteiger partial charge in [0.1, 0.15) is 12.4 Å². The molecule has 0 saturated carbocycles. The number of amides is 1. The molecule has 0 radical (unpaired) electrons. The number of ether oxygens (including phenoxy) is 1. The molecule has 14 heavy (non-hydrogen) atoms. The lowest BCUT2D eigenvalue weighted by atomic mass is 10.2. The fourth-order valence-electron chi connectivity index (χ4n) is 0.884. The Morgan fingerprint density at radius 2 is 2.07 bits per heavy atom. The molecule has 0 bridgehead atoms. The quantitative estimate of drug-likeness (QED) is 0.416. The van der Waals surface area contributed by atoms with Gasteiger partial charge in [-0.2, -0.15) is 0 Å². The van der Waals surface area contributed by atoms with Crippen molar-refractivity contribution < 1.29 is 13.9 Å². The molecule has 0 unspecified atom stereocenters. The zero-order chi connectivity index (χ0) is 10.4. The Kier molecular flexibility index (Phi) is 4.03. The maximum atomic E-state index is 12.5. The third kappa shape index (κ3) is 3.51. The number of carbonyl (C=O) groups is 1. The van der Waals surface area contributed by atoms with Crippen molar-refractivity contribution in [2.24, 2.45) is 5.84 Å². The van der Waals surface area contributed by atoms with Crippen LogP contribution in [0.5, 0.6) is 0 Å². The first-order valence-corrected chi connectivity index (χ1v) is 4.04. The van der Waals surface area contributed by atoms with Crippen molar-refractivity contribution in [3.05, 3.63) is 35.6 Å². The zero-order valence-electron chi connectivity index (χ0n) is 7.50. The van der Waals surface area contributed by atoms with Crippen molar-refractivity contribution in [1.82, 2.24) is 5.43 Å². The highest BCUT2D eigenvalue weighted by molar-refractivity contribution is 5.76. The predicted molar refractivity (Wildman–Crippen MR) is 48.4 cm³/mol. The molecule has 0 aromatic heterocycles. The molecule has 1 amide bonds. The van der Waals surface area contributed by atoms with E-state index in [9.17, 15) is 9.18 Å². The fraction of sp³-hybridized carbons (Fsp3) is 0.222. The second-order valence-electron chi connectivity index (χ2n) is 2.69. The van der Waals surface area contributed by atoms with Gasteiger partial charge in [-0.25, -0.2) is 10.2 Å². The maximum Gasteiger partial charge on any atom is 0.259 e. The van der Waals surface area contributed by atoms with Crippen molar-refractivity contribution in [3.63, 3.8) is 0 Å². The number of benzene rings is 1. The third-order valence-electron chi connectivity index (χ3n) is 1.58. The van der Waals surface area contributed by atoms with Gasteiger partial charge < -0.3 is 4.74 Å². The third-order valence-corrected chi connectivity index (χ3v) is 1.58. The van der Waals surface area contributed by atoms with E-state index in [-0.39, 0.29) is 19.0 Å². The second-order valence-corrected chi connectivity index (χ2v) is 2.69. The summed E-state index contributed by atoms with van der Waals surface area (Å²) in [5.74, 6) is 4.15. The van der Waals surface area contributed by atoms with Gasteiger partial charge >= 0.3 is 0 Å². The first-order valence-electron chi connectivity index (χ1n) is 4.04. The van der Waals surface area contributed by atoms with Crippen LogP contribution in [0.4, 0.5) is 4.39 Å². The Morgan fingerprint density at radius 1 is 1.43 bits per heavy atom. The molecule has 0 spiro atoms. The van der Waals surface area contributed by atoms with Crippen LogP contribution in [0.15, 0.2) is 24.3 Å². The normalized spacial score (nSPS) is 9.86. The van der Waals surface area contributed by atoms with Gasteiger partial charge in [0.2, 0.25) is 0 Å². The minimum absolute atomic E-state index is 0.103. The van der Waals surface area contributed by atoms with Gasteiger partial charge in [0.15, 0.2) is 0 Å². The van der Waals surface area contributed by atoms with Crippen LogP contribution < -0.4 is 11.3 Å². The van der Waals surface area contributed by atoms with E-state index in [1.54, 1.807) is 12.1 Å². The highest BCUT2D eigenvalue weighted by Crippen LogP contribution is 2.03. The van der Waals surface area contributed by atoms with Crippen LogP contribution in [0.25, 0.3) is 0 Å². The molecule has 76 valence electrons. The van der Waals surface area contributed by atoms with Crippen molar-refractivity contribution in [3.8, 4) is 0 Å². The highest BCUT2D eigenvalue weighted by atomic mass is 19.1. The summed E-state index contributed by atoms with van der Waals surface area (Å²) in [4.78, 5) is 10.6. The molecule has 3 N–H and O–H groups in total. The Bertz CT molecular complexity index is 300. The summed E-state index contributed by atoms with van der Waals surface area (Å²) < 4.78 is 17.5. The smallest absolute Gasteiger partial charge is 0.259 e. The molecule has 1 aromatic carbocycles. The summed E-state index contributed by atoms with van der Waals surface area (Å²) in [6, 6.07) is 5.86. The lowest BCUT2D eigenvalue weighted by Gasteiger charge is -2.02. The van der Waals surface area contributed by atoms with E-state index in [0.29, 0.717) is 0 Å². The average Bonchev–Trinajstić information content (AvgIpc) is 2.21. The van der Waals surface area contributed by atoms with Crippen LogP contribution in [-0.4, -0.2) is 12.5 Å². The molecule has 0 heterocycles. The molecule has 0 saturated heterocycles. The molecule has 1 rings (SSSR count). The molecule has 1 aromatic rings. The molecule has 5 heteroatoms. The largest absolute Gasteiger partial charge is 0.367 e. The van der Waals surface area contributed by atoms with Gasteiger partial charge in [0.25, 0.3) is 5.91 Å². The van der Waals surface area contributed by atoms with E-state index < -0.39 is 5.91 Å². The van der Waals surface area contributed by atoms with Gasteiger partial charge in [-0.05, 0) is 17.7 Å². The topological polar surface area (TPSA) is 64.3 Å². The van der Waals surface area contributed by atoms with Gasteiger partial charge in [-0.1, -0.05) is 12.1 Å². The van der Waals surface area contributed by atoms with E-state index in [2.05, 4.69) is 0 Å². The number of nitrogens with one attached hydrogen (secondary N) is 1. The molecular formula is C9H11FN2O2. The standard InChI is InChI=1S/C9H11FN2O2/c10-8-3-1-7(2-4-8)5-14-6-9(13)12-11/h1-4H,5-6,11H2,(H,12,13). The van der Waals surface area contributed by atoms with E-state index in [1.165, 1.54) is 12.1 Å². The van der Waals surface area contributed by atoms with Crippen LogP contribution in [0.1, 0.15) is 5.56 Å². The Labute approximate surface area is 80.8 Å². The maximum absolute atomic E-state index is 12.5. The van der Waals surface area contributed by atoms with Gasteiger partial charge in [0, 0.05) is 0 Å². The number of nitrogens with two attached hydrogens (primary N) is 1. The number of rotatable bonds is 4. The number of carbonyl (C=O) groups excluding carboxylic acids is 1. The van der Waals surface area contributed by atoms with E-state index in [1.807, 2.05) is 5.43 Å². The molecule has 0 fully saturated rings. The van der Waals surface area contributed by atoms with Crippen LogP contribution in [0.2, 0.25) is 0 Å². The summed E-state index contributed by atoms with van der Waals surface area (Å²) in [7, 11) is 0. The minimum Gasteiger partial charge on any atom is -0.367 e. The van der Waals surface area contributed by atoms with Crippen molar-refractivity contribution in [2.45, 2.75) is 6.61 Å². The Hall–Kier alpha value is -1.46. The van der Waals surface area contributed by atoms with Crippen LogP contribution in [0.3, 0.4) is 0 Å². The predicted octanol–water partition coefficient (Wildman–Crippen LogP) is 0.332. The highest BCUT2D eigenvalue weighted by Gasteiger charge is 1.98. The van der Waals surface area contributed by atoms with Gasteiger partial charge in [-0.3, -0.25) is 10.2 Å². The van der Waals surface area contributed by atoms with Crippen molar-refractivity contribution in [2.75, 3.05) is 6.61 Å². The van der Waals surface area contributed by atoms with Gasteiger partial charge in [0.05, 0.1) is 6.61 Å². The second kappa shape index (κ2) is 5.31. The SMILES string of the molecule is NNC(=O)COCc1ccc(F)cc1. The molecule has 0 aliphatic carbocycles. The molecular weight excluding hydrogens is 187 g/mol.